The number of ether oxygens (including phenoxy) is 1. The fourth-order valence-electron chi connectivity index (χ4n) is 2.12. The molecule has 1 aliphatic rings. The van der Waals surface area contributed by atoms with E-state index in [2.05, 4.69) is 12.2 Å². The summed E-state index contributed by atoms with van der Waals surface area (Å²) in [5, 5.41) is 3.37. The highest BCUT2D eigenvalue weighted by Crippen LogP contribution is 2.22. The molecule has 0 aromatic rings. The molecule has 2 atom stereocenters. The van der Waals surface area contributed by atoms with Crippen LogP contribution in [0.5, 0.6) is 0 Å². The zero-order valence-electron chi connectivity index (χ0n) is 9.21. The second kappa shape index (κ2) is 6.02. The number of carbonyl (C=O) groups is 1. The van der Waals surface area contributed by atoms with E-state index in [4.69, 9.17) is 4.74 Å². The number of hydrogen-bond donors (Lipinski definition) is 1. The van der Waals surface area contributed by atoms with E-state index >= 15 is 0 Å². The fourth-order valence-corrected chi connectivity index (χ4v) is 2.12. The van der Waals surface area contributed by atoms with Crippen molar-refractivity contribution in [1.82, 2.24) is 5.32 Å². The summed E-state index contributed by atoms with van der Waals surface area (Å²) in [7, 11) is 1.48. The maximum atomic E-state index is 11.4. The van der Waals surface area contributed by atoms with Gasteiger partial charge in [0.2, 0.25) is 0 Å². The van der Waals surface area contributed by atoms with Gasteiger partial charge in [0.15, 0.2) is 0 Å². The van der Waals surface area contributed by atoms with Gasteiger partial charge in [0.25, 0.3) is 0 Å². The van der Waals surface area contributed by atoms with E-state index < -0.39 is 0 Å². The third-order valence-electron chi connectivity index (χ3n) is 3.04. The van der Waals surface area contributed by atoms with Crippen LogP contribution in [0.25, 0.3) is 0 Å². The van der Waals surface area contributed by atoms with E-state index in [1.807, 2.05) is 0 Å². The van der Waals surface area contributed by atoms with Gasteiger partial charge >= 0.3 is 5.97 Å². The van der Waals surface area contributed by atoms with Crippen LogP contribution in [0.3, 0.4) is 0 Å². The first-order chi connectivity index (χ1) is 6.77. The van der Waals surface area contributed by atoms with Crippen molar-refractivity contribution in [2.24, 2.45) is 11.8 Å². The molecule has 1 N–H and O–H groups in total. The lowest BCUT2D eigenvalue weighted by Crippen LogP contribution is -2.32. The lowest BCUT2D eigenvalue weighted by atomic mass is 9.88. The van der Waals surface area contributed by atoms with Gasteiger partial charge in [0.1, 0.15) is 0 Å². The van der Waals surface area contributed by atoms with Gasteiger partial charge in [0, 0.05) is 0 Å². The highest BCUT2D eigenvalue weighted by molar-refractivity contribution is 5.72. The Labute approximate surface area is 86.2 Å². The zero-order valence-corrected chi connectivity index (χ0v) is 9.21. The molecule has 14 heavy (non-hydrogen) atoms. The Morgan fingerprint density at radius 1 is 1.64 bits per heavy atom. The SMILES string of the molecule is CCC(CC1CCCNC1)C(=O)OC. The average molecular weight is 199 g/mol. The minimum atomic E-state index is -0.0435. The van der Waals surface area contributed by atoms with Crippen molar-refractivity contribution in [3.05, 3.63) is 0 Å². The lowest BCUT2D eigenvalue weighted by molar-refractivity contribution is -0.146. The molecule has 0 spiro atoms. The Morgan fingerprint density at radius 3 is 2.93 bits per heavy atom. The van der Waals surface area contributed by atoms with Crippen molar-refractivity contribution >= 4 is 5.97 Å². The van der Waals surface area contributed by atoms with Crippen molar-refractivity contribution in [3.8, 4) is 0 Å². The minimum absolute atomic E-state index is 0.0435. The second-order valence-electron chi connectivity index (χ2n) is 4.08. The number of hydrogen-bond acceptors (Lipinski definition) is 3. The number of nitrogens with one attached hydrogen (secondary N) is 1. The van der Waals surface area contributed by atoms with Gasteiger partial charge in [-0.1, -0.05) is 6.92 Å². The summed E-state index contributed by atoms with van der Waals surface area (Å²) < 4.78 is 4.79. The standard InChI is InChI=1S/C11H21NO2/c1-3-10(11(13)14-2)7-9-5-4-6-12-8-9/h9-10,12H,3-8H2,1-2H3. The van der Waals surface area contributed by atoms with Gasteiger partial charge in [-0.3, -0.25) is 4.79 Å². The Balaban J connectivity index is 2.34. The molecule has 1 rings (SSSR count). The van der Waals surface area contributed by atoms with Crippen molar-refractivity contribution in [1.29, 1.82) is 0 Å². The Kier molecular flexibility index (Phi) is 4.94. The van der Waals surface area contributed by atoms with Crippen molar-refractivity contribution in [2.75, 3.05) is 20.2 Å². The topological polar surface area (TPSA) is 38.3 Å². The number of esters is 1. The number of methoxy groups -OCH3 is 1. The van der Waals surface area contributed by atoms with Crippen LogP contribution in [0, 0.1) is 11.8 Å². The van der Waals surface area contributed by atoms with Gasteiger partial charge < -0.3 is 10.1 Å². The monoisotopic (exact) mass is 199 g/mol. The van der Waals surface area contributed by atoms with Crippen LogP contribution < -0.4 is 5.32 Å². The number of piperidine rings is 1. The molecule has 1 saturated heterocycles. The normalized spacial score (nSPS) is 24.3. The van der Waals surface area contributed by atoms with Gasteiger partial charge in [-0.2, -0.15) is 0 Å². The van der Waals surface area contributed by atoms with Gasteiger partial charge in [-0.05, 0) is 44.7 Å². The molecule has 0 amide bonds. The molecule has 82 valence electrons. The molecule has 0 aromatic heterocycles. The molecule has 0 saturated carbocycles. The average Bonchev–Trinajstić information content (AvgIpc) is 2.26. The predicted octanol–water partition coefficient (Wildman–Crippen LogP) is 1.58. The molecule has 3 heteroatoms. The van der Waals surface area contributed by atoms with Crippen molar-refractivity contribution < 1.29 is 9.53 Å². The summed E-state index contributed by atoms with van der Waals surface area (Å²) in [4.78, 5) is 11.4. The molecular formula is C11H21NO2. The molecule has 2 unspecified atom stereocenters. The quantitative estimate of drug-likeness (QED) is 0.698. The predicted molar refractivity (Wildman–Crippen MR) is 56.0 cm³/mol. The highest BCUT2D eigenvalue weighted by Gasteiger charge is 2.23. The van der Waals surface area contributed by atoms with E-state index in [-0.39, 0.29) is 11.9 Å². The van der Waals surface area contributed by atoms with Crippen LogP contribution in [0.4, 0.5) is 0 Å². The lowest BCUT2D eigenvalue weighted by Gasteiger charge is -2.25. The molecule has 0 bridgehead atoms. The molecule has 0 aliphatic carbocycles. The highest BCUT2D eigenvalue weighted by atomic mass is 16.5. The summed E-state index contributed by atoms with van der Waals surface area (Å²) in [6, 6.07) is 0. The zero-order chi connectivity index (χ0) is 10.4. The van der Waals surface area contributed by atoms with Crippen LogP contribution in [0.2, 0.25) is 0 Å². The van der Waals surface area contributed by atoms with Crippen molar-refractivity contribution in [3.63, 3.8) is 0 Å². The summed E-state index contributed by atoms with van der Waals surface area (Å²) >= 11 is 0. The molecule has 0 aromatic carbocycles. The molecular weight excluding hydrogens is 178 g/mol. The number of rotatable bonds is 4. The van der Waals surface area contributed by atoms with Crippen LogP contribution in [0.1, 0.15) is 32.6 Å². The van der Waals surface area contributed by atoms with E-state index in [0.717, 1.165) is 25.9 Å². The van der Waals surface area contributed by atoms with Crippen LogP contribution in [-0.4, -0.2) is 26.2 Å². The van der Waals surface area contributed by atoms with Crippen LogP contribution >= 0.6 is 0 Å². The minimum Gasteiger partial charge on any atom is -0.469 e. The molecule has 0 radical (unpaired) electrons. The van der Waals surface area contributed by atoms with Crippen molar-refractivity contribution in [2.45, 2.75) is 32.6 Å². The first-order valence-electron chi connectivity index (χ1n) is 5.56. The first kappa shape index (κ1) is 11.5. The van der Waals surface area contributed by atoms with Gasteiger partial charge in [-0.25, -0.2) is 0 Å². The smallest absolute Gasteiger partial charge is 0.308 e. The molecule has 1 fully saturated rings. The number of carbonyl (C=O) groups excluding carboxylic acids is 1. The van der Waals surface area contributed by atoms with Crippen LogP contribution in [-0.2, 0) is 9.53 Å². The summed E-state index contributed by atoms with van der Waals surface area (Å²) in [5.74, 6) is 0.718. The molecule has 1 heterocycles. The molecule has 3 nitrogen and oxygen atoms in total. The first-order valence-corrected chi connectivity index (χ1v) is 5.56. The van der Waals surface area contributed by atoms with Gasteiger partial charge in [0.05, 0.1) is 13.0 Å². The second-order valence-corrected chi connectivity index (χ2v) is 4.08. The van der Waals surface area contributed by atoms with E-state index in [9.17, 15) is 4.79 Å². The molecule has 1 aliphatic heterocycles. The Bertz CT molecular complexity index is 176. The van der Waals surface area contributed by atoms with Crippen LogP contribution in [0.15, 0.2) is 0 Å². The Hall–Kier alpha value is -0.570. The van der Waals surface area contributed by atoms with E-state index in [0.29, 0.717) is 5.92 Å². The largest absolute Gasteiger partial charge is 0.469 e. The Morgan fingerprint density at radius 2 is 2.43 bits per heavy atom. The third-order valence-corrected chi connectivity index (χ3v) is 3.04. The summed E-state index contributed by atoms with van der Waals surface area (Å²) in [5.41, 5.74) is 0. The maximum absolute atomic E-state index is 11.4. The third kappa shape index (κ3) is 3.29. The van der Waals surface area contributed by atoms with E-state index in [1.165, 1.54) is 20.0 Å². The van der Waals surface area contributed by atoms with Gasteiger partial charge in [-0.15, -0.1) is 0 Å². The van der Waals surface area contributed by atoms with E-state index in [1.54, 1.807) is 0 Å². The fraction of sp³-hybridized carbons (Fsp3) is 0.909. The summed E-state index contributed by atoms with van der Waals surface area (Å²) in [6.45, 7) is 4.25. The maximum Gasteiger partial charge on any atom is 0.308 e. The summed E-state index contributed by atoms with van der Waals surface area (Å²) in [6.07, 6.45) is 4.36.